The Bertz CT molecular complexity index is 1220. The summed E-state index contributed by atoms with van der Waals surface area (Å²) in [6, 6.07) is 13.5. The van der Waals surface area contributed by atoms with Crippen molar-refractivity contribution in [1.82, 2.24) is 19.7 Å². The number of para-hydroxylation sites is 2. The number of rotatable bonds is 6. The van der Waals surface area contributed by atoms with Gasteiger partial charge in [0.05, 0.1) is 28.0 Å². The van der Waals surface area contributed by atoms with Crippen molar-refractivity contribution >= 4 is 46.0 Å². The van der Waals surface area contributed by atoms with Gasteiger partial charge in [0.25, 0.3) is 0 Å². The molecule has 6 nitrogen and oxygen atoms in total. The number of amides is 1. The van der Waals surface area contributed by atoms with E-state index in [1.165, 1.54) is 18.1 Å². The highest BCUT2D eigenvalue weighted by atomic mass is 35.5. The van der Waals surface area contributed by atoms with Crippen molar-refractivity contribution in [3.05, 3.63) is 71.1 Å². The summed E-state index contributed by atoms with van der Waals surface area (Å²) in [5.41, 5.74) is 4.46. The van der Waals surface area contributed by atoms with Gasteiger partial charge < -0.3 is 5.32 Å². The molecular formula is C22H20ClN5OS. The lowest BCUT2D eigenvalue weighted by molar-refractivity contribution is -0.113. The quantitative estimate of drug-likeness (QED) is 0.336. The van der Waals surface area contributed by atoms with Crippen LogP contribution in [0.4, 0.5) is 5.69 Å². The Morgan fingerprint density at radius 3 is 2.80 bits per heavy atom. The van der Waals surface area contributed by atoms with E-state index in [-0.39, 0.29) is 11.7 Å². The Morgan fingerprint density at radius 1 is 1.17 bits per heavy atom. The molecule has 0 saturated heterocycles. The van der Waals surface area contributed by atoms with E-state index in [0.717, 1.165) is 34.3 Å². The maximum atomic E-state index is 12.6. The van der Waals surface area contributed by atoms with E-state index in [0.29, 0.717) is 15.7 Å². The van der Waals surface area contributed by atoms with Gasteiger partial charge in [-0.05, 0) is 36.6 Å². The zero-order chi connectivity index (χ0) is 21.1. The smallest absolute Gasteiger partial charge is 0.234 e. The van der Waals surface area contributed by atoms with Crippen molar-refractivity contribution in [2.45, 2.75) is 25.3 Å². The van der Waals surface area contributed by atoms with Crippen molar-refractivity contribution in [3.63, 3.8) is 0 Å². The van der Waals surface area contributed by atoms with Crippen LogP contribution in [0, 0.1) is 6.92 Å². The van der Waals surface area contributed by atoms with Crippen LogP contribution in [0.25, 0.3) is 16.7 Å². The summed E-state index contributed by atoms with van der Waals surface area (Å²) in [6.45, 7) is 4.08. The molecule has 0 atom stereocenters. The maximum absolute atomic E-state index is 12.6. The summed E-state index contributed by atoms with van der Waals surface area (Å²) < 4.78 is 1.68. The number of anilines is 1. The lowest BCUT2D eigenvalue weighted by Gasteiger charge is -2.12. The number of nitrogens with one attached hydrogen (secondary N) is 1. The fourth-order valence-corrected chi connectivity index (χ4v) is 4.23. The molecule has 0 radical (unpaired) electrons. The molecule has 2 heterocycles. The molecule has 4 rings (SSSR count). The second-order valence-corrected chi connectivity index (χ2v) is 8.09. The monoisotopic (exact) mass is 437 g/mol. The van der Waals surface area contributed by atoms with Crippen LogP contribution < -0.4 is 5.32 Å². The third-order valence-electron chi connectivity index (χ3n) is 4.75. The molecular weight excluding hydrogens is 418 g/mol. The summed E-state index contributed by atoms with van der Waals surface area (Å²) in [7, 11) is 0. The van der Waals surface area contributed by atoms with Crippen molar-refractivity contribution in [2.24, 2.45) is 0 Å². The molecule has 0 aliphatic rings. The van der Waals surface area contributed by atoms with E-state index < -0.39 is 0 Å². The van der Waals surface area contributed by atoms with Crippen molar-refractivity contribution in [1.29, 1.82) is 0 Å². The van der Waals surface area contributed by atoms with E-state index >= 15 is 0 Å². The molecule has 1 N–H and O–H groups in total. The summed E-state index contributed by atoms with van der Waals surface area (Å²) >= 11 is 7.67. The molecule has 1 amide bonds. The molecule has 152 valence electrons. The first-order valence-corrected chi connectivity index (χ1v) is 10.9. The minimum absolute atomic E-state index is 0.0748. The largest absolute Gasteiger partial charge is 0.325 e. The number of thioether (sulfide) groups is 1. The van der Waals surface area contributed by atoms with Gasteiger partial charge in [-0.25, -0.2) is 14.6 Å². The predicted octanol–water partition coefficient (Wildman–Crippen LogP) is 5.07. The standard InChI is InChI=1S/C22H20ClN5OS/c1-3-15-8-6-7-14(2)20(15)27-19(29)12-30-22-16-11-26-28(21(16)24-13-25-22)18-10-5-4-9-17(18)23/h4-11,13H,3,12H2,1-2H3,(H,27,29). The molecule has 0 fully saturated rings. The van der Waals surface area contributed by atoms with Crippen LogP contribution in [-0.2, 0) is 11.2 Å². The topological polar surface area (TPSA) is 72.7 Å². The zero-order valence-electron chi connectivity index (χ0n) is 16.6. The van der Waals surface area contributed by atoms with Crippen molar-refractivity contribution in [2.75, 3.05) is 11.1 Å². The second-order valence-electron chi connectivity index (χ2n) is 6.72. The molecule has 0 spiro atoms. The highest BCUT2D eigenvalue weighted by molar-refractivity contribution is 8.00. The van der Waals surface area contributed by atoms with Gasteiger partial charge in [0.1, 0.15) is 11.4 Å². The van der Waals surface area contributed by atoms with Gasteiger partial charge in [-0.1, -0.05) is 60.6 Å². The summed E-state index contributed by atoms with van der Waals surface area (Å²) in [4.78, 5) is 21.3. The molecule has 30 heavy (non-hydrogen) atoms. The number of aryl methyl sites for hydroxylation is 2. The van der Waals surface area contributed by atoms with E-state index in [2.05, 4.69) is 27.3 Å². The maximum Gasteiger partial charge on any atom is 0.234 e. The van der Waals surface area contributed by atoms with Gasteiger partial charge in [-0.15, -0.1) is 0 Å². The second kappa shape index (κ2) is 8.85. The van der Waals surface area contributed by atoms with Crippen LogP contribution in [0.1, 0.15) is 18.1 Å². The fourth-order valence-electron chi connectivity index (χ4n) is 3.25. The minimum Gasteiger partial charge on any atom is -0.325 e. The minimum atomic E-state index is -0.0748. The first-order chi connectivity index (χ1) is 14.6. The van der Waals surface area contributed by atoms with Gasteiger partial charge in [-0.2, -0.15) is 5.10 Å². The molecule has 0 aliphatic heterocycles. The molecule has 2 aromatic heterocycles. The Morgan fingerprint density at radius 2 is 2.00 bits per heavy atom. The highest BCUT2D eigenvalue weighted by Gasteiger charge is 2.15. The summed E-state index contributed by atoms with van der Waals surface area (Å²) in [6.07, 6.45) is 4.04. The van der Waals surface area contributed by atoms with Gasteiger partial charge in [0.15, 0.2) is 5.65 Å². The first kappa shape index (κ1) is 20.4. The third kappa shape index (κ3) is 4.04. The van der Waals surface area contributed by atoms with Gasteiger partial charge >= 0.3 is 0 Å². The number of hydrogen-bond acceptors (Lipinski definition) is 5. The molecule has 0 unspecified atom stereocenters. The Labute approximate surface area is 183 Å². The van der Waals surface area contributed by atoms with Crippen LogP contribution in [-0.4, -0.2) is 31.4 Å². The molecule has 2 aromatic carbocycles. The average molecular weight is 438 g/mol. The lowest BCUT2D eigenvalue weighted by Crippen LogP contribution is -2.16. The number of nitrogens with zero attached hydrogens (tertiary/aromatic N) is 4. The molecule has 0 bridgehead atoms. The van der Waals surface area contributed by atoms with Crippen LogP contribution in [0.2, 0.25) is 5.02 Å². The van der Waals surface area contributed by atoms with E-state index in [1.807, 2.05) is 49.4 Å². The number of halogens is 1. The highest BCUT2D eigenvalue weighted by Crippen LogP contribution is 2.28. The Hall–Kier alpha value is -2.90. The van der Waals surface area contributed by atoms with Crippen LogP contribution in [0.3, 0.4) is 0 Å². The van der Waals surface area contributed by atoms with Crippen LogP contribution in [0.5, 0.6) is 0 Å². The number of carbonyl (C=O) groups excluding carboxylic acids is 1. The Balaban J connectivity index is 1.54. The first-order valence-electron chi connectivity index (χ1n) is 9.53. The number of hydrogen-bond donors (Lipinski definition) is 1. The molecule has 0 saturated carbocycles. The summed E-state index contributed by atoms with van der Waals surface area (Å²) in [5, 5.41) is 9.54. The molecule has 0 aliphatic carbocycles. The van der Waals surface area contributed by atoms with E-state index in [4.69, 9.17) is 11.6 Å². The fraction of sp³-hybridized carbons (Fsp3) is 0.182. The number of aromatic nitrogens is 4. The normalized spacial score (nSPS) is 11.0. The van der Waals surface area contributed by atoms with Crippen LogP contribution >= 0.6 is 23.4 Å². The zero-order valence-corrected chi connectivity index (χ0v) is 18.2. The predicted molar refractivity (Wildman–Crippen MR) is 122 cm³/mol. The van der Waals surface area contributed by atoms with E-state index in [9.17, 15) is 4.79 Å². The van der Waals surface area contributed by atoms with Gasteiger partial charge in [0, 0.05) is 5.69 Å². The SMILES string of the molecule is CCc1cccc(C)c1NC(=O)CSc1ncnc2c1cnn2-c1ccccc1Cl. The molecule has 4 aromatic rings. The number of benzene rings is 2. The van der Waals surface area contributed by atoms with Gasteiger partial charge in [0.2, 0.25) is 5.91 Å². The molecule has 8 heteroatoms. The van der Waals surface area contributed by atoms with Crippen molar-refractivity contribution in [3.8, 4) is 5.69 Å². The van der Waals surface area contributed by atoms with Crippen molar-refractivity contribution < 1.29 is 4.79 Å². The van der Waals surface area contributed by atoms with E-state index in [1.54, 1.807) is 10.9 Å². The number of carbonyl (C=O) groups is 1. The van der Waals surface area contributed by atoms with Gasteiger partial charge in [-0.3, -0.25) is 4.79 Å². The van der Waals surface area contributed by atoms with Crippen LogP contribution in [0.15, 0.2) is 60.0 Å². The summed E-state index contributed by atoms with van der Waals surface area (Å²) in [5.74, 6) is 0.162. The average Bonchev–Trinajstić information content (AvgIpc) is 3.18. The third-order valence-corrected chi connectivity index (χ3v) is 6.08. The Kier molecular flexibility index (Phi) is 6.01. The number of fused-ring (bicyclic) bond motifs is 1. The lowest BCUT2D eigenvalue weighted by atomic mass is 10.1.